The minimum absolute atomic E-state index is 0.0837. The van der Waals surface area contributed by atoms with Crippen molar-refractivity contribution in [2.75, 3.05) is 39.6 Å². The molecule has 0 aliphatic heterocycles. The zero-order valence-electron chi connectivity index (χ0n) is 66.3. The van der Waals surface area contributed by atoms with Crippen LogP contribution >= 0.6 is 15.6 Å². The van der Waals surface area contributed by atoms with Gasteiger partial charge in [-0.05, 0) is 77.0 Å². The monoisotopic (exact) mass is 1500 g/mol. The van der Waals surface area contributed by atoms with E-state index in [0.29, 0.717) is 25.7 Å². The van der Waals surface area contributed by atoms with Crippen molar-refractivity contribution in [3.8, 4) is 0 Å². The number of carbonyl (C=O) groups is 4. The lowest BCUT2D eigenvalue weighted by Gasteiger charge is -2.21. The summed E-state index contributed by atoms with van der Waals surface area (Å²) < 4.78 is 68.7. The highest BCUT2D eigenvalue weighted by Crippen LogP contribution is 2.45. The first-order valence-electron chi connectivity index (χ1n) is 42.4. The average Bonchev–Trinajstić information content (AvgIpc) is 0.916. The Morgan fingerprint density at radius 1 is 0.272 bits per heavy atom. The zero-order chi connectivity index (χ0) is 75.3. The summed E-state index contributed by atoms with van der Waals surface area (Å²) in [6.07, 6.45) is 76.5. The van der Waals surface area contributed by atoms with Crippen LogP contribution in [0.15, 0.2) is 48.6 Å². The molecule has 0 radical (unpaired) electrons. The summed E-state index contributed by atoms with van der Waals surface area (Å²) in [5, 5.41) is 10.7. The molecule has 3 N–H and O–H groups in total. The molecule has 19 heteroatoms. The molecule has 103 heavy (non-hydrogen) atoms. The van der Waals surface area contributed by atoms with Gasteiger partial charge >= 0.3 is 39.5 Å². The first-order chi connectivity index (χ1) is 50.2. The van der Waals surface area contributed by atoms with Crippen LogP contribution in [0.3, 0.4) is 0 Å². The molecule has 5 atom stereocenters. The van der Waals surface area contributed by atoms with E-state index in [1.807, 2.05) is 0 Å². The van der Waals surface area contributed by atoms with E-state index in [2.05, 4.69) is 76.3 Å². The van der Waals surface area contributed by atoms with Crippen molar-refractivity contribution in [3.63, 3.8) is 0 Å². The van der Waals surface area contributed by atoms with Gasteiger partial charge in [0.1, 0.15) is 19.3 Å². The summed E-state index contributed by atoms with van der Waals surface area (Å²) in [5.74, 6) is -2.16. The Morgan fingerprint density at radius 2 is 0.466 bits per heavy atom. The molecule has 604 valence electrons. The molecule has 2 unspecified atom stereocenters. The number of unbranched alkanes of at least 4 members (excludes halogenated alkanes) is 49. The summed E-state index contributed by atoms with van der Waals surface area (Å²) >= 11 is 0. The summed E-state index contributed by atoms with van der Waals surface area (Å²) in [6.45, 7) is 4.91. The number of carbonyl (C=O) groups excluding carboxylic acids is 4. The molecule has 17 nitrogen and oxygen atoms in total. The van der Waals surface area contributed by atoms with E-state index in [0.717, 1.165) is 122 Å². The van der Waals surface area contributed by atoms with E-state index in [1.54, 1.807) is 0 Å². The number of hydrogen-bond donors (Lipinski definition) is 3. The topological polar surface area (TPSA) is 237 Å². The number of esters is 4. The fourth-order valence-electron chi connectivity index (χ4n) is 12.1. The lowest BCUT2D eigenvalue weighted by molar-refractivity contribution is -0.161. The molecular weight excluding hydrogens is 1340 g/mol. The third-order valence-corrected chi connectivity index (χ3v) is 20.5. The highest BCUT2D eigenvalue weighted by molar-refractivity contribution is 7.47. The Morgan fingerprint density at radius 3 is 0.709 bits per heavy atom. The van der Waals surface area contributed by atoms with Gasteiger partial charge in [0.05, 0.1) is 26.4 Å². The van der Waals surface area contributed by atoms with Gasteiger partial charge in [-0.1, -0.05) is 352 Å². The summed E-state index contributed by atoms with van der Waals surface area (Å²) in [4.78, 5) is 73.1. The lowest BCUT2D eigenvalue weighted by atomic mass is 10.0. The predicted molar refractivity (Wildman–Crippen MR) is 423 cm³/mol. The van der Waals surface area contributed by atoms with Crippen molar-refractivity contribution in [2.24, 2.45) is 0 Å². The van der Waals surface area contributed by atoms with E-state index >= 15 is 0 Å². The number of rotatable bonds is 81. The fraction of sp³-hybridized carbons (Fsp3) is 0.857. The van der Waals surface area contributed by atoms with Crippen LogP contribution in [-0.2, 0) is 65.4 Å². The molecule has 0 aromatic heterocycles. The van der Waals surface area contributed by atoms with E-state index < -0.39 is 97.5 Å². The number of aliphatic hydroxyl groups excluding tert-OH is 1. The van der Waals surface area contributed by atoms with Crippen LogP contribution < -0.4 is 0 Å². The van der Waals surface area contributed by atoms with E-state index in [4.69, 9.17) is 37.0 Å². The number of phosphoric ester groups is 2. The summed E-state index contributed by atoms with van der Waals surface area (Å²) in [7, 11) is -9.95. The van der Waals surface area contributed by atoms with Crippen molar-refractivity contribution in [2.45, 2.75) is 425 Å². The van der Waals surface area contributed by atoms with Gasteiger partial charge in [0.2, 0.25) is 0 Å². The number of ether oxygens (including phenoxy) is 4. The first-order valence-corrected chi connectivity index (χ1v) is 45.4. The highest BCUT2D eigenvalue weighted by Gasteiger charge is 2.30. The van der Waals surface area contributed by atoms with Gasteiger partial charge in [-0.15, -0.1) is 0 Å². The van der Waals surface area contributed by atoms with Crippen LogP contribution in [0.1, 0.15) is 407 Å². The molecule has 0 bridgehead atoms. The van der Waals surface area contributed by atoms with Crippen LogP contribution in [0.5, 0.6) is 0 Å². The minimum atomic E-state index is -4.97. The lowest BCUT2D eigenvalue weighted by Crippen LogP contribution is -2.30. The molecule has 0 aliphatic rings. The van der Waals surface area contributed by atoms with E-state index in [9.17, 15) is 43.2 Å². The number of phosphoric acid groups is 2. The molecule has 0 fully saturated rings. The van der Waals surface area contributed by atoms with Gasteiger partial charge in [-0.2, -0.15) is 0 Å². The normalized spacial score (nSPS) is 14.0. The Bertz CT molecular complexity index is 2140. The fourth-order valence-corrected chi connectivity index (χ4v) is 13.7. The van der Waals surface area contributed by atoms with Crippen LogP contribution in [0.4, 0.5) is 0 Å². The van der Waals surface area contributed by atoms with Crippen molar-refractivity contribution in [1.82, 2.24) is 0 Å². The van der Waals surface area contributed by atoms with Crippen LogP contribution in [0.2, 0.25) is 0 Å². The highest BCUT2D eigenvalue weighted by atomic mass is 31.2. The zero-order valence-corrected chi connectivity index (χ0v) is 68.1. The number of aliphatic hydroxyl groups is 1. The van der Waals surface area contributed by atoms with Crippen LogP contribution in [0, 0.1) is 0 Å². The molecule has 0 saturated carbocycles. The second kappa shape index (κ2) is 77.2. The SMILES string of the molecule is CCCCCC/C=C\C=C/CCCCCCCC(=O)OC[C@H](COP(=O)(O)OC[C@@H](O)COP(=O)(O)OC[C@@H](COC(=O)CCCCCCCCCCCCCCC)OC(=O)CCCCCCC/C=C\C=C/CCCCCC)OC(=O)CCCCCCCCCCCCCCCCCCCCCC. The smallest absolute Gasteiger partial charge is 0.462 e. The largest absolute Gasteiger partial charge is 0.472 e. The summed E-state index contributed by atoms with van der Waals surface area (Å²) in [5.41, 5.74) is 0. The molecule has 0 saturated heterocycles. The van der Waals surface area contributed by atoms with E-state index in [1.165, 1.54) is 205 Å². The van der Waals surface area contributed by atoms with E-state index in [-0.39, 0.29) is 25.7 Å². The van der Waals surface area contributed by atoms with Crippen LogP contribution in [-0.4, -0.2) is 96.7 Å². The summed E-state index contributed by atoms with van der Waals surface area (Å²) in [6, 6.07) is 0. The minimum Gasteiger partial charge on any atom is -0.462 e. The molecule has 0 aromatic carbocycles. The predicted octanol–water partition coefficient (Wildman–Crippen LogP) is 24.8. The quantitative estimate of drug-likeness (QED) is 0.0169. The maximum absolute atomic E-state index is 13.1. The van der Waals surface area contributed by atoms with Gasteiger partial charge in [-0.25, -0.2) is 9.13 Å². The van der Waals surface area contributed by atoms with Crippen molar-refractivity contribution >= 4 is 39.5 Å². The Kier molecular flexibility index (Phi) is 75.0. The van der Waals surface area contributed by atoms with Crippen molar-refractivity contribution in [3.05, 3.63) is 48.6 Å². The maximum Gasteiger partial charge on any atom is 0.472 e. The van der Waals surface area contributed by atoms with Gasteiger partial charge in [0.25, 0.3) is 0 Å². The molecule has 0 spiro atoms. The Hall–Kier alpha value is -2.98. The average molecular weight is 1500 g/mol. The van der Waals surface area contributed by atoms with Crippen molar-refractivity contribution in [1.29, 1.82) is 0 Å². The molecule has 0 aromatic rings. The Balaban J connectivity index is 5.31. The van der Waals surface area contributed by atoms with Gasteiger partial charge < -0.3 is 33.8 Å². The molecule has 0 aliphatic carbocycles. The Labute approximate surface area is 629 Å². The van der Waals surface area contributed by atoms with Gasteiger partial charge in [0, 0.05) is 25.7 Å². The first kappa shape index (κ1) is 100. The van der Waals surface area contributed by atoms with Crippen molar-refractivity contribution < 1.29 is 80.2 Å². The molecule has 0 amide bonds. The second-order valence-electron chi connectivity index (χ2n) is 28.8. The van der Waals surface area contributed by atoms with Crippen LogP contribution in [0.25, 0.3) is 0 Å². The third-order valence-electron chi connectivity index (χ3n) is 18.6. The molecular formula is C84H156O17P2. The molecule has 0 rings (SSSR count). The molecule has 0 heterocycles. The van der Waals surface area contributed by atoms with Gasteiger partial charge in [0.15, 0.2) is 12.2 Å². The number of hydrogen-bond acceptors (Lipinski definition) is 15. The van der Waals surface area contributed by atoms with Gasteiger partial charge in [-0.3, -0.25) is 37.3 Å². The maximum atomic E-state index is 13.1. The number of allylic oxidation sites excluding steroid dienone is 8. The third kappa shape index (κ3) is 77.0. The standard InChI is InChI=1S/C84H156O17P2/c1-5-9-13-17-21-25-29-33-36-37-38-39-40-43-47-51-55-59-63-67-71-84(89)101-80(75-95-82(87)69-65-61-57-53-49-45-41-34-30-26-22-18-14-10-6-2)77-99-103(92,93)97-73-78(85)72-96-102(90,91)98-76-79(74-94-81(86)68-64-60-56-52-48-44-32-28-24-20-16-12-8-4)100-83(88)70-66-62-58-54-50-46-42-35-31-27-23-19-15-11-7-3/h26-27,30-31,34-35,41-42,78-80,85H,5-25,28-29,32-33,36-40,43-77H2,1-4H3,(H,90,91)(H,92,93)/b30-26-,31-27-,41-34-,42-35-/t78-,79+,80+/m0/s1. The second-order valence-corrected chi connectivity index (χ2v) is 31.8.